The van der Waals surface area contributed by atoms with Crippen molar-refractivity contribution >= 4 is 52.9 Å². The molecule has 0 fully saturated rings. The molecule has 4 aromatic rings. The molecule has 0 saturated heterocycles. The third kappa shape index (κ3) is 8.03. The molecule has 3 N–H and O–H groups in total. The molecule has 0 radical (unpaired) electrons. The topological polar surface area (TPSA) is 135 Å². The minimum Gasteiger partial charge on any atom is -0.494 e. The van der Waals surface area contributed by atoms with Crippen LogP contribution in [0.1, 0.15) is 33.2 Å². The Bertz CT molecular complexity index is 1620. The van der Waals surface area contributed by atoms with Crippen LogP contribution in [0.3, 0.4) is 0 Å². The largest absolute Gasteiger partial charge is 0.494 e. The number of hydrogen-bond donors (Lipinski definition) is 3. The molecule has 4 aromatic carbocycles. The third-order valence-corrected chi connectivity index (χ3v) is 5.94. The van der Waals surface area contributed by atoms with E-state index < -0.39 is 23.7 Å². The average molecular weight is 585 g/mol. The average Bonchev–Trinajstić information content (AvgIpc) is 2.99. The molecule has 11 heteroatoms. The Labute approximate surface area is 246 Å². The predicted octanol–water partition coefficient (Wildman–Crippen LogP) is 5.30. The highest BCUT2D eigenvalue weighted by atomic mass is 35.5. The second kappa shape index (κ2) is 14.2. The van der Waals surface area contributed by atoms with E-state index in [9.17, 15) is 19.2 Å². The number of para-hydroxylation sites is 1. The zero-order valence-electron chi connectivity index (χ0n) is 22.3. The van der Waals surface area contributed by atoms with Crippen molar-refractivity contribution in [3.8, 4) is 11.5 Å². The summed E-state index contributed by atoms with van der Waals surface area (Å²) in [4.78, 5) is 49.9. The smallest absolute Gasteiger partial charge is 0.345 e. The number of hydrogen-bond acceptors (Lipinski definition) is 7. The van der Waals surface area contributed by atoms with Crippen molar-refractivity contribution in [2.45, 2.75) is 6.92 Å². The van der Waals surface area contributed by atoms with Crippen LogP contribution in [0.4, 0.5) is 11.4 Å². The van der Waals surface area contributed by atoms with Gasteiger partial charge in [0.2, 0.25) is 0 Å². The quantitative estimate of drug-likeness (QED) is 0.0803. The minimum absolute atomic E-state index is 0.145. The molecule has 0 aliphatic carbocycles. The lowest BCUT2D eigenvalue weighted by molar-refractivity contribution is -0.136. The van der Waals surface area contributed by atoms with Gasteiger partial charge in [0.05, 0.1) is 34.7 Å². The molecule has 0 aliphatic heterocycles. The Balaban J connectivity index is 1.30. The lowest BCUT2D eigenvalue weighted by Gasteiger charge is -2.11. The molecule has 0 atom stereocenters. The Morgan fingerprint density at radius 3 is 2.10 bits per heavy atom. The first kappa shape index (κ1) is 29.5. The van der Waals surface area contributed by atoms with Gasteiger partial charge < -0.3 is 20.1 Å². The zero-order chi connectivity index (χ0) is 29.9. The number of carbonyl (C=O) groups is 4. The Hall–Kier alpha value is -5.48. The fourth-order valence-electron chi connectivity index (χ4n) is 3.60. The van der Waals surface area contributed by atoms with Gasteiger partial charge in [0.1, 0.15) is 11.5 Å². The van der Waals surface area contributed by atoms with Crippen molar-refractivity contribution in [1.82, 2.24) is 5.43 Å². The number of ether oxygens (including phenoxy) is 2. The van der Waals surface area contributed by atoms with E-state index in [0.717, 1.165) is 0 Å². The first-order chi connectivity index (χ1) is 20.3. The SMILES string of the molecule is CCOc1ccc(NC(=O)c2ccccc2NC(=O)C(=O)N/N=C/c2ccc(OC(=O)c3ccccc3Cl)cc2)cc1. The summed E-state index contributed by atoms with van der Waals surface area (Å²) in [5.74, 6) is -2.19. The van der Waals surface area contributed by atoms with Gasteiger partial charge in [-0.2, -0.15) is 5.10 Å². The standard InChI is InChI=1S/C31H25ClN4O6/c1-2-41-22-17-13-21(14-18-22)34-28(37)25-8-4-6-10-27(25)35-29(38)30(39)36-33-19-20-11-15-23(16-12-20)42-31(40)24-7-3-5-9-26(24)32/h3-19H,2H2,1H3,(H,34,37)(H,35,38)(H,36,39)/b33-19+. The number of nitrogens with one attached hydrogen (secondary N) is 3. The number of hydrazone groups is 1. The molecule has 0 unspecified atom stereocenters. The number of benzene rings is 4. The molecule has 0 bridgehead atoms. The maximum absolute atomic E-state index is 12.8. The lowest BCUT2D eigenvalue weighted by atomic mass is 10.1. The minimum atomic E-state index is -1.04. The van der Waals surface area contributed by atoms with E-state index in [-0.39, 0.29) is 27.6 Å². The number of carbonyl (C=O) groups excluding carboxylic acids is 4. The van der Waals surface area contributed by atoms with Gasteiger partial charge in [-0.3, -0.25) is 14.4 Å². The van der Waals surface area contributed by atoms with Gasteiger partial charge in [-0.05, 0) is 85.3 Å². The first-order valence-corrected chi connectivity index (χ1v) is 13.1. The summed E-state index contributed by atoms with van der Waals surface area (Å²) in [6.45, 7) is 2.40. The molecule has 212 valence electrons. The summed E-state index contributed by atoms with van der Waals surface area (Å²) in [5.41, 5.74) is 3.77. The molecule has 0 heterocycles. The normalized spacial score (nSPS) is 10.5. The summed E-state index contributed by atoms with van der Waals surface area (Å²) in [5, 5.41) is 9.24. The molecule has 0 saturated carbocycles. The molecule has 0 spiro atoms. The molecule has 0 aliphatic rings. The molecule has 42 heavy (non-hydrogen) atoms. The van der Waals surface area contributed by atoms with E-state index in [4.69, 9.17) is 21.1 Å². The number of anilines is 2. The monoisotopic (exact) mass is 584 g/mol. The maximum atomic E-state index is 12.8. The Morgan fingerprint density at radius 2 is 1.40 bits per heavy atom. The Kier molecular flexibility index (Phi) is 10.0. The highest BCUT2D eigenvalue weighted by Gasteiger charge is 2.18. The molecular weight excluding hydrogens is 560 g/mol. The number of amides is 3. The second-order valence-corrected chi connectivity index (χ2v) is 8.96. The van der Waals surface area contributed by atoms with Crippen molar-refractivity contribution in [3.63, 3.8) is 0 Å². The van der Waals surface area contributed by atoms with E-state index in [0.29, 0.717) is 23.6 Å². The number of halogens is 1. The summed E-state index contributed by atoms with van der Waals surface area (Å²) < 4.78 is 10.7. The van der Waals surface area contributed by atoms with Gasteiger partial charge in [0.25, 0.3) is 5.91 Å². The summed E-state index contributed by atoms with van der Waals surface area (Å²) in [6, 6.07) is 25.9. The van der Waals surface area contributed by atoms with E-state index >= 15 is 0 Å². The van der Waals surface area contributed by atoms with Gasteiger partial charge in [0.15, 0.2) is 0 Å². The fourth-order valence-corrected chi connectivity index (χ4v) is 3.81. The van der Waals surface area contributed by atoms with Crippen molar-refractivity contribution < 1.29 is 28.7 Å². The molecular formula is C31H25ClN4O6. The van der Waals surface area contributed by atoms with Crippen LogP contribution >= 0.6 is 11.6 Å². The van der Waals surface area contributed by atoms with Crippen LogP contribution in [-0.4, -0.2) is 36.5 Å². The van der Waals surface area contributed by atoms with E-state index in [1.165, 1.54) is 18.3 Å². The zero-order valence-corrected chi connectivity index (χ0v) is 23.1. The number of rotatable bonds is 9. The van der Waals surface area contributed by atoms with Crippen LogP contribution in [0.15, 0.2) is 102 Å². The van der Waals surface area contributed by atoms with Crippen LogP contribution in [0.2, 0.25) is 5.02 Å². The van der Waals surface area contributed by atoms with Crippen LogP contribution < -0.4 is 25.5 Å². The van der Waals surface area contributed by atoms with Crippen molar-refractivity contribution in [3.05, 3.63) is 119 Å². The molecule has 3 amide bonds. The van der Waals surface area contributed by atoms with Gasteiger partial charge in [-0.15, -0.1) is 0 Å². The third-order valence-electron chi connectivity index (χ3n) is 5.61. The van der Waals surface area contributed by atoms with Crippen molar-refractivity contribution in [2.24, 2.45) is 5.10 Å². The summed E-state index contributed by atoms with van der Waals surface area (Å²) in [7, 11) is 0. The second-order valence-electron chi connectivity index (χ2n) is 8.55. The van der Waals surface area contributed by atoms with Crippen LogP contribution in [0.5, 0.6) is 11.5 Å². The van der Waals surface area contributed by atoms with Gasteiger partial charge in [-0.1, -0.05) is 35.9 Å². The molecule has 10 nitrogen and oxygen atoms in total. The highest BCUT2D eigenvalue weighted by molar-refractivity contribution is 6.40. The van der Waals surface area contributed by atoms with E-state index in [1.54, 1.807) is 84.9 Å². The van der Waals surface area contributed by atoms with Crippen LogP contribution in [0.25, 0.3) is 0 Å². The molecule has 4 rings (SSSR count). The van der Waals surface area contributed by atoms with Gasteiger partial charge >= 0.3 is 17.8 Å². The summed E-state index contributed by atoms with van der Waals surface area (Å²) in [6.07, 6.45) is 1.31. The van der Waals surface area contributed by atoms with E-state index in [1.807, 2.05) is 6.92 Å². The van der Waals surface area contributed by atoms with E-state index in [2.05, 4.69) is 21.2 Å². The molecule has 0 aromatic heterocycles. The van der Waals surface area contributed by atoms with Gasteiger partial charge in [-0.25, -0.2) is 10.2 Å². The van der Waals surface area contributed by atoms with Crippen molar-refractivity contribution in [2.75, 3.05) is 17.2 Å². The predicted molar refractivity (Wildman–Crippen MR) is 159 cm³/mol. The maximum Gasteiger partial charge on any atom is 0.345 e. The van der Waals surface area contributed by atoms with Crippen LogP contribution in [-0.2, 0) is 9.59 Å². The number of esters is 1. The van der Waals surface area contributed by atoms with Crippen molar-refractivity contribution in [1.29, 1.82) is 0 Å². The van der Waals surface area contributed by atoms with Crippen LogP contribution in [0, 0.1) is 0 Å². The van der Waals surface area contributed by atoms with Gasteiger partial charge in [0, 0.05) is 5.69 Å². The number of nitrogens with zero attached hydrogens (tertiary/aromatic N) is 1. The summed E-state index contributed by atoms with van der Waals surface area (Å²) >= 11 is 6.02. The lowest BCUT2D eigenvalue weighted by Crippen LogP contribution is -2.33. The first-order valence-electron chi connectivity index (χ1n) is 12.7. The fraction of sp³-hybridized carbons (Fsp3) is 0.0645. The highest BCUT2D eigenvalue weighted by Crippen LogP contribution is 2.21. The Morgan fingerprint density at radius 1 is 0.762 bits per heavy atom.